The molecule has 134 valence electrons. The lowest BCUT2D eigenvalue weighted by molar-refractivity contribution is -0.140. The number of hydrogen-bond donors (Lipinski definition) is 2. The number of ether oxygens (including phenoxy) is 1. The first-order valence-corrected chi connectivity index (χ1v) is 7.56. The minimum absolute atomic E-state index is 0.190. The molecule has 0 aliphatic heterocycles. The summed E-state index contributed by atoms with van der Waals surface area (Å²) in [5, 5.41) is 8.07. The molecule has 0 spiro atoms. The van der Waals surface area contributed by atoms with Gasteiger partial charge in [-0.15, -0.1) is 0 Å². The zero-order chi connectivity index (χ0) is 18.7. The predicted octanol–water partition coefficient (Wildman–Crippen LogP) is 4.36. The lowest BCUT2D eigenvalue weighted by atomic mass is 10.0. The Labute approximate surface area is 146 Å². The Bertz CT molecular complexity index is 904. The fourth-order valence-electron chi connectivity index (χ4n) is 2.45. The molecule has 0 radical (unpaired) electrons. The van der Waals surface area contributed by atoms with E-state index in [1.165, 1.54) is 31.4 Å². The van der Waals surface area contributed by atoms with Gasteiger partial charge in [0.1, 0.15) is 11.4 Å². The van der Waals surface area contributed by atoms with Crippen LogP contribution in [-0.2, 0) is 6.18 Å². The van der Waals surface area contributed by atoms with Crippen molar-refractivity contribution in [3.63, 3.8) is 0 Å². The van der Waals surface area contributed by atoms with Crippen LogP contribution < -0.4 is 10.1 Å². The molecule has 1 amide bonds. The van der Waals surface area contributed by atoms with E-state index in [4.69, 9.17) is 4.74 Å². The van der Waals surface area contributed by atoms with Gasteiger partial charge in [-0.3, -0.25) is 9.89 Å². The van der Waals surface area contributed by atoms with Gasteiger partial charge >= 0.3 is 6.18 Å². The first kappa shape index (κ1) is 17.5. The molecule has 1 heterocycles. The van der Waals surface area contributed by atoms with E-state index < -0.39 is 17.8 Å². The predicted molar refractivity (Wildman–Crippen MR) is 90.0 cm³/mol. The fraction of sp³-hybridized carbons (Fsp3) is 0.111. The van der Waals surface area contributed by atoms with Crippen molar-refractivity contribution in [2.24, 2.45) is 0 Å². The number of benzene rings is 2. The van der Waals surface area contributed by atoms with Crippen LogP contribution in [0.2, 0.25) is 0 Å². The highest BCUT2D eigenvalue weighted by molar-refractivity contribution is 6.05. The molecule has 1 aromatic heterocycles. The quantitative estimate of drug-likeness (QED) is 0.726. The number of methoxy groups -OCH3 is 1. The second kappa shape index (κ2) is 6.91. The molecule has 2 N–H and O–H groups in total. The normalized spacial score (nSPS) is 11.2. The first-order valence-electron chi connectivity index (χ1n) is 7.56. The van der Waals surface area contributed by atoms with E-state index in [0.717, 1.165) is 0 Å². The van der Waals surface area contributed by atoms with Crippen molar-refractivity contribution in [3.8, 4) is 16.9 Å². The Morgan fingerprint density at radius 2 is 1.73 bits per heavy atom. The number of alkyl halides is 3. The average molecular weight is 361 g/mol. The van der Waals surface area contributed by atoms with Gasteiger partial charge in [-0.25, -0.2) is 0 Å². The SMILES string of the molecule is COc1ccc(C(=O)Nc2n[nH]c(C(F)(F)F)c2-c2ccccc2)cc1. The number of halogens is 3. The van der Waals surface area contributed by atoms with Gasteiger partial charge in [0.15, 0.2) is 5.82 Å². The highest BCUT2D eigenvalue weighted by Gasteiger charge is 2.38. The van der Waals surface area contributed by atoms with Crippen LogP contribution in [0.5, 0.6) is 5.75 Å². The van der Waals surface area contributed by atoms with Gasteiger partial charge in [0, 0.05) is 5.56 Å². The summed E-state index contributed by atoms with van der Waals surface area (Å²) < 4.78 is 44.9. The summed E-state index contributed by atoms with van der Waals surface area (Å²) in [6.45, 7) is 0. The van der Waals surface area contributed by atoms with Crippen molar-refractivity contribution in [1.29, 1.82) is 0 Å². The van der Waals surface area contributed by atoms with Gasteiger partial charge < -0.3 is 10.1 Å². The van der Waals surface area contributed by atoms with Gasteiger partial charge in [0.2, 0.25) is 0 Å². The Balaban J connectivity index is 1.97. The molecule has 0 bridgehead atoms. The number of nitrogens with one attached hydrogen (secondary N) is 2. The number of carbonyl (C=O) groups is 1. The number of aromatic nitrogens is 2. The van der Waals surface area contributed by atoms with Crippen molar-refractivity contribution in [1.82, 2.24) is 10.2 Å². The Morgan fingerprint density at radius 3 is 2.31 bits per heavy atom. The average Bonchev–Trinajstić information content (AvgIpc) is 3.06. The maximum atomic E-state index is 13.3. The molecule has 0 aliphatic rings. The smallest absolute Gasteiger partial charge is 0.433 e. The molecule has 2 aromatic carbocycles. The van der Waals surface area contributed by atoms with E-state index in [2.05, 4.69) is 10.4 Å². The van der Waals surface area contributed by atoms with Crippen LogP contribution in [-0.4, -0.2) is 23.2 Å². The largest absolute Gasteiger partial charge is 0.497 e. The third-order valence-electron chi connectivity index (χ3n) is 3.70. The van der Waals surface area contributed by atoms with Crippen LogP contribution in [0.1, 0.15) is 16.1 Å². The summed E-state index contributed by atoms with van der Waals surface area (Å²) in [5.74, 6) is -0.208. The molecule has 0 fully saturated rings. The number of aromatic amines is 1. The first-order chi connectivity index (χ1) is 12.4. The van der Waals surface area contributed by atoms with Crippen molar-refractivity contribution < 1.29 is 22.7 Å². The van der Waals surface area contributed by atoms with Crippen LogP contribution in [0.4, 0.5) is 19.0 Å². The van der Waals surface area contributed by atoms with Crippen LogP contribution in [0.15, 0.2) is 54.6 Å². The van der Waals surface area contributed by atoms with E-state index >= 15 is 0 Å². The number of nitrogens with zero attached hydrogens (tertiary/aromatic N) is 1. The lowest BCUT2D eigenvalue weighted by Gasteiger charge is -2.10. The van der Waals surface area contributed by atoms with Crippen molar-refractivity contribution in [2.75, 3.05) is 12.4 Å². The topological polar surface area (TPSA) is 67.0 Å². The molecule has 26 heavy (non-hydrogen) atoms. The molecular weight excluding hydrogens is 347 g/mol. The van der Waals surface area contributed by atoms with E-state index in [1.807, 2.05) is 5.10 Å². The summed E-state index contributed by atoms with van der Waals surface area (Å²) >= 11 is 0. The standard InChI is InChI=1S/C18H14F3N3O2/c1-26-13-9-7-12(8-10-13)17(25)22-16-14(11-5-3-2-4-6-11)15(23-24-16)18(19,20)21/h2-10H,1H3,(H2,22,23,24,25). The number of anilines is 1. The molecule has 5 nitrogen and oxygen atoms in total. The van der Waals surface area contributed by atoms with Crippen molar-refractivity contribution in [2.45, 2.75) is 6.18 Å². The van der Waals surface area contributed by atoms with Gasteiger partial charge in [-0.05, 0) is 29.8 Å². The highest BCUT2D eigenvalue weighted by Crippen LogP contribution is 2.39. The summed E-state index contributed by atoms with van der Waals surface area (Å²) in [7, 11) is 1.49. The Morgan fingerprint density at radius 1 is 1.08 bits per heavy atom. The summed E-state index contributed by atoms with van der Waals surface area (Å²) in [4.78, 5) is 12.4. The molecule has 3 rings (SSSR count). The number of carbonyl (C=O) groups excluding carboxylic acids is 1. The monoisotopic (exact) mass is 361 g/mol. The van der Waals surface area contributed by atoms with Crippen molar-refractivity contribution in [3.05, 3.63) is 65.9 Å². The molecular formula is C18H14F3N3O2. The molecule has 0 unspecified atom stereocenters. The maximum absolute atomic E-state index is 13.3. The number of amides is 1. The van der Waals surface area contributed by atoms with Gasteiger partial charge in [-0.2, -0.15) is 18.3 Å². The maximum Gasteiger partial charge on any atom is 0.433 e. The van der Waals surface area contributed by atoms with Gasteiger partial charge in [0.25, 0.3) is 5.91 Å². The van der Waals surface area contributed by atoms with Crippen LogP contribution >= 0.6 is 0 Å². The zero-order valence-corrected chi connectivity index (χ0v) is 13.6. The number of rotatable bonds is 4. The highest BCUT2D eigenvalue weighted by atomic mass is 19.4. The molecule has 3 aromatic rings. The van der Waals surface area contributed by atoms with Crippen molar-refractivity contribution >= 4 is 11.7 Å². The summed E-state index contributed by atoms with van der Waals surface area (Å²) in [6.07, 6.45) is -4.64. The minimum atomic E-state index is -4.64. The molecule has 0 saturated heterocycles. The van der Waals surface area contributed by atoms with E-state index in [9.17, 15) is 18.0 Å². The third kappa shape index (κ3) is 3.53. The second-order valence-corrected chi connectivity index (χ2v) is 5.37. The summed E-state index contributed by atoms with van der Waals surface area (Å²) in [5.41, 5.74) is -0.673. The zero-order valence-electron chi connectivity index (χ0n) is 13.6. The van der Waals surface area contributed by atoms with Crippen LogP contribution in [0.25, 0.3) is 11.1 Å². The van der Waals surface area contributed by atoms with Gasteiger partial charge in [0.05, 0.1) is 12.7 Å². The molecule has 0 aliphatic carbocycles. The van der Waals surface area contributed by atoms with Crippen LogP contribution in [0, 0.1) is 0 Å². The molecule has 8 heteroatoms. The lowest BCUT2D eigenvalue weighted by Crippen LogP contribution is -2.13. The van der Waals surface area contributed by atoms with Crippen LogP contribution in [0.3, 0.4) is 0 Å². The minimum Gasteiger partial charge on any atom is -0.497 e. The molecule has 0 saturated carbocycles. The van der Waals surface area contributed by atoms with Gasteiger partial charge in [-0.1, -0.05) is 30.3 Å². The third-order valence-corrected chi connectivity index (χ3v) is 3.70. The second-order valence-electron chi connectivity index (χ2n) is 5.37. The van der Waals surface area contributed by atoms with E-state index in [0.29, 0.717) is 11.3 Å². The molecule has 0 atom stereocenters. The fourth-order valence-corrected chi connectivity index (χ4v) is 2.45. The number of hydrogen-bond acceptors (Lipinski definition) is 3. The van der Waals surface area contributed by atoms with E-state index in [1.54, 1.807) is 30.3 Å². The van der Waals surface area contributed by atoms with E-state index in [-0.39, 0.29) is 16.9 Å². The number of H-pyrrole nitrogens is 1. The Kier molecular flexibility index (Phi) is 4.66. The summed E-state index contributed by atoms with van der Waals surface area (Å²) in [6, 6.07) is 14.1. The Hall–Kier alpha value is -3.29.